The first kappa shape index (κ1) is 16.4. The largest absolute Gasteiger partial charge is 0.485 e. The van der Waals surface area contributed by atoms with Crippen molar-refractivity contribution < 1.29 is 19.1 Å². The van der Waals surface area contributed by atoms with Crippen molar-refractivity contribution in [3.8, 4) is 11.5 Å². The van der Waals surface area contributed by atoms with Crippen molar-refractivity contribution >= 4 is 23.2 Å². The Hall–Kier alpha value is -3.02. The van der Waals surface area contributed by atoms with Gasteiger partial charge in [0.2, 0.25) is 12.0 Å². The second-order valence-electron chi connectivity index (χ2n) is 6.33. The molecular weight excluding hydrogens is 332 g/mol. The molecule has 0 aliphatic carbocycles. The first-order chi connectivity index (χ1) is 12.7. The van der Waals surface area contributed by atoms with E-state index >= 15 is 0 Å². The van der Waals surface area contributed by atoms with Gasteiger partial charge >= 0.3 is 0 Å². The first-order valence-corrected chi connectivity index (χ1v) is 8.78. The van der Waals surface area contributed by atoms with Crippen LogP contribution in [0, 0.1) is 0 Å². The minimum absolute atomic E-state index is 0.142. The molecule has 0 radical (unpaired) electrons. The summed E-state index contributed by atoms with van der Waals surface area (Å²) in [6, 6.07) is 12.9. The highest BCUT2D eigenvalue weighted by atomic mass is 16.6. The molecule has 2 aromatic carbocycles. The smallest absolute Gasteiger partial charge is 0.269 e. The summed E-state index contributed by atoms with van der Waals surface area (Å²) in [5.74, 6) is 1.11. The number of carbonyl (C=O) groups excluding carboxylic acids is 2. The third-order valence-corrected chi connectivity index (χ3v) is 4.66. The number of rotatable bonds is 3. The molecule has 6 heteroatoms. The minimum Gasteiger partial charge on any atom is -0.485 e. The molecule has 6 nitrogen and oxygen atoms in total. The molecule has 1 N–H and O–H groups in total. The molecule has 2 aromatic rings. The van der Waals surface area contributed by atoms with Gasteiger partial charge in [0.05, 0.1) is 0 Å². The van der Waals surface area contributed by atoms with E-state index in [4.69, 9.17) is 9.47 Å². The van der Waals surface area contributed by atoms with Gasteiger partial charge in [0, 0.05) is 24.3 Å². The number of nitrogens with zero attached hydrogens (tertiary/aromatic N) is 1. The lowest BCUT2D eigenvalue weighted by Crippen LogP contribution is -2.40. The Kier molecular flexibility index (Phi) is 4.24. The van der Waals surface area contributed by atoms with Crippen LogP contribution in [0.4, 0.5) is 11.4 Å². The van der Waals surface area contributed by atoms with Gasteiger partial charge in [-0.15, -0.1) is 0 Å². The number of hydrogen-bond acceptors (Lipinski definition) is 4. The number of amides is 2. The SMILES string of the molecule is CCN1C(=O)CCc2cc(NC(=O)C3COc4ccccc4O3)ccc21. The van der Waals surface area contributed by atoms with Gasteiger partial charge in [0.1, 0.15) is 6.61 Å². The zero-order chi connectivity index (χ0) is 18.1. The van der Waals surface area contributed by atoms with Crippen LogP contribution in [0.15, 0.2) is 42.5 Å². The van der Waals surface area contributed by atoms with Gasteiger partial charge in [0.25, 0.3) is 5.91 Å². The van der Waals surface area contributed by atoms with Crippen molar-refractivity contribution in [1.82, 2.24) is 0 Å². The molecule has 2 heterocycles. The summed E-state index contributed by atoms with van der Waals surface area (Å²) in [6.45, 7) is 2.77. The number of anilines is 2. The molecule has 2 aliphatic rings. The van der Waals surface area contributed by atoms with E-state index in [-0.39, 0.29) is 18.4 Å². The number of fused-ring (bicyclic) bond motifs is 2. The second kappa shape index (κ2) is 6.71. The Bertz CT molecular complexity index is 865. The van der Waals surface area contributed by atoms with Crippen LogP contribution in [0.2, 0.25) is 0 Å². The lowest BCUT2D eigenvalue weighted by atomic mass is 10.0. The average Bonchev–Trinajstić information content (AvgIpc) is 2.67. The maximum Gasteiger partial charge on any atom is 0.269 e. The average molecular weight is 352 g/mol. The van der Waals surface area contributed by atoms with E-state index in [1.165, 1.54) is 0 Å². The van der Waals surface area contributed by atoms with Crippen LogP contribution >= 0.6 is 0 Å². The molecule has 0 bridgehead atoms. The van der Waals surface area contributed by atoms with Crippen molar-refractivity contribution in [2.45, 2.75) is 25.9 Å². The van der Waals surface area contributed by atoms with E-state index < -0.39 is 6.10 Å². The molecular formula is C20H20N2O4. The highest BCUT2D eigenvalue weighted by Crippen LogP contribution is 2.32. The van der Waals surface area contributed by atoms with Crippen LogP contribution in [-0.4, -0.2) is 31.1 Å². The van der Waals surface area contributed by atoms with E-state index in [0.717, 1.165) is 11.3 Å². The fraction of sp³-hybridized carbons (Fsp3) is 0.300. The summed E-state index contributed by atoms with van der Waals surface area (Å²) in [6.07, 6.45) is 0.481. The molecule has 0 saturated heterocycles. The van der Waals surface area contributed by atoms with Gasteiger partial charge in [-0.2, -0.15) is 0 Å². The van der Waals surface area contributed by atoms with Crippen molar-refractivity contribution in [3.63, 3.8) is 0 Å². The third-order valence-electron chi connectivity index (χ3n) is 4.66. The Morgan fingerprint density at radius 3 is 2.81 bits per heavy atom. The minimum atomic E-state index is -0.699. The van der Waals surface area contributed by atoms with Crippen molar-refractivity contribution in [3.05, 3.63) is 48.0 Å². The first-order valence-electron chi connectivity index (χ1n) is 8.78. The molecule has 134 valence electrons. The molecule has 26 heavy (non-hydrogen) atoms. The van der Waals surface area contributed by atoms with E-state index in [1.54, 1.807) is 11.0 Å². The number of benzene rings is 2. The van der Waals surface area contributed by atoms with Crippen LogP contribution in [0.5, 0.6) is 11.5 Å². The van der Waals surface area contributed by atoms with Gasteiger partial charge in [-0.3, -0.25) is 9.59 Å². The molecule has 1 unspecified atom stereocenters. The second-order valence-corrected chi connectivity index (χ2v) is 6.33. The zero-order valence-electron chi connectivity index (χ0n) is 14.5. The van der Waals surface area contributed by atoms with Gasteiger partial charge in [0.15, 0.2) is 11.5 Å². The van der Waals surface area contributed by atoms with Crippen molar-refractivity contribution in [2.75, 3.05) is 23.4 Å². The van der Waals surface area contributed by atoms with Gasteiger partial charge in [-0.1, -0.05) is 12.1 Å². The van der Waals surface area contributed by atoms with Crippen molar-refractivity contribution in [1.29, 1.82) is 0 Å². The van der Waals surface area contributed by atoms with E-state index in [1.807, 2.05) is 43.3 Å². The Morgan fingerprint density at radius 2 is 2.00 bits per heavy atom. The predicted molar refractivity (Wildman–Crippen MR) is 97.8 cm³/mol. The molecule has 0 spiro atoms. The number of carbonyl (C=O) groups is 2. The number of aryl methyl sites for hydroxylation is 1. The van der Waals surface area contributed by atoms with Crippen LogP contribution in [0.1, 0.15) is 18.9 Å². The van der Waals surface area contributed by atoms with E-state index in [9.17, 15) is 9.59 Å². The zero-order valence-corrected chi connectivity index (χ0v) is 14.5. The van der Waals surface area contributed by atoms with E-state index in [0.29, 0.717) is 36.6 Å². The summed E-state index contributed by atoms with van der Waals surface area (Å²) in [5, 5.41) is 2.89. The standard InChI is InChI=1S/C20H20N2O4/c1-2-22-15-9-8-14(11-13(15)7-10-19(22)23)21-20(24)18-12-25-16-5-3-4-6-17(16)26-18/h3-6,8-9,11,18H,2,7,10,12H2,1H3,(H,21,24). The highest BCUT2D eigenvalue weighted by Gasteiger charge is 2.28. The van der Waals surface area contributed by atoms with Crippen LogP contribution in [-0.2, 0) is 16.0 Å². The summed E-state index contributed by atoms with van der Waals surface area (Å²) in [5.41, 5.74) is 2.69. The molecule has 1 atom stereocenters. The fourth-order valence-corrected chi connectivity index (χ4v) is 3.36. The number of para-hydroxylation sites is 2. The van der Waals surface area contributed by atoms with Crippen LogP contribution in [0.25, 0.3) is 0 Å². The van der Waals surface area contributed by atoms with E-state index in [2.05, 4.69) is 5.32 Å². The lowest BCUT2D eigenvalue weighted by molar-refractivity contribution is -0.125. The number of hydrogen-bond donors (Lipinski definition) is 1. The van der Waals surface area contributed by atoms with Gasteiger partial charge in [-0.05, 0) is 49.2 Å². The van der Waals surface area contributed by atoms with Crippen LogP contribution in [0.3, 0.4) is 0 Å². The summed E-state index contributed by atoms with van der Waals surface area (Å²) >= 11 is 0. The molecule has 4 rings (SSSR count). The Balaban J connectivity index is 1.48. The summed E-state index contributed by atoms with van der Waals surface area (Å²) in [7, 11) is 0. The summed E-state index contributed by atoms with van der Waals surface area (Å²) < 4.78 is 11.3. The summed E-state index contributed by atoms with van der Waals surface area (Å²) in [4.78, 5) is 26.3. The Morgan fingerprint density at radius 1 is 1.19 bits per heavy atom. The number of ether oxygens (including phenoxy) is 2. The quantitative estimate of drug-likeness (QED) is 0.922. The Labute approximate surface area is 151 Å². The maximum absolute atomic E-state index is 12.5. The molecule has 0 fully saturated rings. The third kappa shape index (κ3) is 2.98. The topological polar surface area (TPSA) is 67.9 Å². The maximum atomic E-state index is 12.5. The van der Waals surface area contributed by atoms with Gasteiger partial charge < -0.3 is 19.7 Å². The lowest BCUT2D eigenvalue weighted by Gasteiger charge is -2.29. The van der Waals surface area contributed by atoms with Gasteiger partial charge in [-0.25, -0.2) is 0 Å². The molecule has 2 aliphatic heterocycles. The number of nitrogens with one attached hydrogen (secondary N) is 1. The normalized spacial score (nSPS) is 18.3. The van der Waals surface area contributed by atoms with Crippen molar-refractivity contribution in [2.24, 2.45) is 0 Å². The highest BCUT2D eigenvalue weighted by molar-refractivity contribution is 5.98. The fourth-order valence-electron chi connectivity index (χ4n) is 3.36. The molecule has 2 amide bonds. The predicted octanol–water partition coefficient (Wildman–Crippen LogP) is 2.76. The molecule has 0 saturated carbocycles. The molecule has 0 aromatic heterocycles. The van der Waals surface area contributed by atoms with Crippen LogP contribution < -0.4 is 19.7 Å². The monoisotopic (exact) mass is 352 g/mol.